The van der Waals surface area contributed by atoms with E-state index in [0.29, 0.717) is 56.7 Å². The van der Waals surface area contributed by atoms with Crippen molar-refractivity contribution in [1.82, 2.24) is 5.32 Å². The monoisotopic (exact) mass is 538 g/mol. The molecule has 2 fully saturated rings. The van der Waals surface area contributed by atoms with E-state index in [1.807, 2.05) is 42.2 Å². The SMILES string of the molecule is CCOc1ccc(F)c(N2CCC(Oc3ccc(N4C[C@H](OC5=NCC=CN5)C[C@@H]4CC(=O)O)cc3)CC2)c1. The summed E-state index contributed by atoms with van der Waals surface area (Å²) in [5.41, 5.74) is 1.49. The number of piperidine rings is 1. The fourth-order valence-corrected chi connectivity index (χ4v) is 5.38. The normalized spacial score (nSPS) is 21.3. The number of aliphatic imine (C=N–C) groups is 1. The van der Waals surface area contributed by atoms with Crippen LogP contribution in [0.2, 0.25) is 0 Å². The fraction of sp³-hybridized carbons (Fsp3) is 0.448. The lowest BCUT2D eigenvalue weighted by Gasteiger charge is -2.34. The molecule has 0 amide bonds. The Morgan fingerprint density at radius 2 is 1.87 bits per heavy atom. The van der Waals surface area contributed by atoms with Crippen LogP contribution in [0.25, 0.3) is 0 Å². The van der Waals surface area contributed by atoms with Crippen LogP contribution in [0.3, 0.4) is 0 Å². The number of halogens is 1. The van der Waals surface area contributed by atoms with Crippen LogP contribution in [-0.2, 0) is 9.53 Å². The van der Waals surface area contributed by atoms with Gasteiger partial charge < -0.3 is 34.4 Å². The van der Waals surface area contributed by atoms with E-state index < -0.39 is 5.97 Å². The van der Waals surface area contributed by atoms with Gasteiger partial charge in [0.15, 0.2) is 0 Å². The first-order valence-corrected chi connectivity index (χ1v) is 13.5. The maximum atomic E-state index is 14.5. The molecule has 2 saturated heterocycles. The summed E-state index contributed by atoms with van der Waals surface area (Å²) in [6.45, 7) is 4.97. The van der Waals surface area contributed by atoms with Gasteiger partial charge in [-0.2, -0.15) is 0 Å². The van der Waals surface area contributed by atoms with E-state index in [0.717, 1.165) is 24.3 Å². The average Bonchev–Trinajstić information content (AvgIpc) is 3.32. The van der Waals surface area contributed by atoms with Crippen molar-refractivity contribution in [3.05, 3.63) is 60.6 Å². The smallest absolute Gasteiger partial charge is 0.305 e. The second-order valence-electron chi connectivity index (χ2n) is 9.92. The Hall–Kier alpha value is -3.95. The largest absolute Gasteiger partial charge is 0.494 e. The second kappa shape index (κ2) is 12.3. The summed E-state index contributed by atoms with van der Waals surface area (Å²) in [6.07, 6.45) is 5.75. The number of benzene rings is 2. The van der Waals surface area contributed by atoms with Crippen LogP contribution < -0.4 is 24.6 Å². The van der Waals surface area contributed by atoms with Gasteiger partial charge in [0.1, 0.15) is 29.5 Å². The molecule has 0 aromatic heterocycles. The lowest BCUT2D eigenvalue weighted by atomic mass is 10.1. The third kappa shape index (κ3) is 6.74. The third-order valence-corrected chi connectivity index (χ3v) is 7.21. The van der Waals surface area contributed by atoms with Gasteiger partial charge in [0.25, 0.3) is 6.02 Å². The Kier molecular flexibility index (Phi) is 8.39. The molecule has 208 valence electrons. The molecule has 0 bridgehead atoms. The van der Waals surface area contributed by atoms with Crippen molar-refractivity contribution >= 4 is 23.4 Å². The van der Waals surface area contributed by atoms with Crippen molar-refractivity contribution in [3.63, 3.8) is 0 Å². The third-order valence-electron chi connectivity index (χ3n) is 7.21. The number of hydrogen-bond acceptors (Lipinski definition) is 8. The maximum absolute atomic E-state index is 14.5. The Balaban J connectivity index is 1.17. The molecule has 0 radical (unpaired) electrons. The van der Waals surface area contributed by atoms with Crippen molar-refractivity contribution in [2.24, 2.45) is 4.99 Å². The molecular weight excluding hydrogens is 503 g/mol. The minimum absolute atomic E-state index is 0.0323. The van der Waals surface area contributed by atoms with E-state index in [-0.39, 0.29) is 30.5 Å². The summed E-state index contributed by atoms with van der Waals surface area (Å²) >= 11 is 0. The number of carbonyl (C=O) groups is 1. The van der Waals surface area contributed by atoms with E-state index in [1.165, 1.54) is 6.07 Å². The molecule has 9 nitrogen and oxygen atoms in total. The molecule has 3 aliphatic rings. The highest BCUT2D eigenvalue weighted by Gasteiger charge is 2.35. The number of anilines is 2. The van der Waals surface area contributed by atoms with Crippen molar-refractivity contribution < 1.29 is 28.5 Å². The topological polar surface area (TPSA) is 95.9 Å². The van der Waals surface area contributed by atoms with Crippen molar-refractivity contribution in [1.29, 1.82) is 0 Å². The van der Waals surface area contributed by atoms with Crippen LogP contribution in [0, 0.1) is 5.82 Å². The number of nitrogens with zero attached hydrogens (tertiary/aromatic N) is 3. The van der Waals surface area contributed by atoms with Crippen LogP contribution in [0.1, 0.15) is 32.6 Å². The highest BCUT2D eigenvalue weighted by Crippen LogP contribution is 2.32. The molecule has 0 aliphatic carbocycles. The molecule has 3 aliphatic heterocycles. The number of ether oxygens (including phenoxy) is 3. The molecule has 0 saturated carbocycles. The zero-order valence-corrected chi connectivity index (χ0v) is 22.1. The van der Waals surface area contributed by atoms with E-state index in [1.54, 1.807) is 18.3 Å². The van der Waals surface area contributed by atoms with Gasteiger partial charge >= 0.3 is 5.97 Å². The van der Waals surface area contributed by atoms with Crippen LogP contribution in [-0.4, -0.2) is 68.1 Å². The average molecular weight is 539 g/mol. The van der Waals surface area contributed by atoms with Gasteiger partial charge in [-0.1, -0.05) is 0 Å². The zero-order valence-electron chi connectivity index (χ0n) is 22.1. The number of nitrogens with one attached hydrogen (secondary N) is 1. The molecule has 2 aromatic carbocycles. The molecule has 2 aromatic rings. The molecule has 39 heavy (non-hydrogen) atoms. The summed E-state index contributed by atoms with van der Waals surface area (Å²) in [5.74, 6) is 0.350. The minimum Gasteiger partial charge on any atom is -0.494 e. The number of carboxylic acid groups (broad SMARTS) is 1. The molecule has 0 unspecified atom stereocenters. The molecule has 3 heterocycles. The van der Waals surface area contributed by atoms with Crippen LogP contribution in [0.15, 0.2) is 59.7 Å². The van der Waals surface area contributed by atoms with E-state index >= 15 is 0 Å². The lowest BCUT2D eigenvalue weighted by molar-refractivity contribution is -0.137. The van der Waals surface area contributed by atoms with Crippen LogP contribution >= 0.6 is 0 Å². The Morgan fingerprint density at radius 3 is 2.56 bits per heavy atom. The molecule has 10 heteroatoms. The lowest BCUT2D eigenvalue weighted by Crippen LogP contribution is -2.38. The highest BCUT2D eigenvalue weighted by atomic mass is 19.1. The molecule has 5 rings (SSSR count). The van der Waals surface area contributed by atoms with Gasteiger partial charge in [0.05, 0.1) is 31.8 Å². The second-order valence-corrected chi connectivity index (χ2v) is 9.92. The van der Waals surface area contributed by atoms with Gasteiger partial charge in [0, 0.05) is 56.3 Å². The first-order valence-electron chi connectivity index (χ1n) is 13.5. The predicted octanol–water partition coefficient (Wildman–Crippen LogP) is 4.18. The Bertz CT molecular complexity index is 1200. The molecule has 2 atom stereocenters. The molecule has 2 N–H and O–H groups in total. The zero-order chi connectivity index (χ0) is 27.2. The number of carboxylic acids is 1. The maximum Gasteiger partial charge on any atom is 0.305 e. The van der Waals surface area contributed by atoms with E-state index in [9.17, 15) is 14.3 Å². The number of rotatable bonds is 9. The first-order chi connectivity index (χ1) is 19.0. The Morgan fingerprint density at radius 1 is 1.10 bits per heavy atom. The number of amidine groups is 1. The molecule has 0 spiro atoms. The summed E-state index contributed by atoms with van der Waals surface area (Å²) in [4.78, 5) is 19.9. The predicted molar refractivity (Wildman–Crippen MR) is 147 cm³/mol. The number of aliphatic carboxylic acids is 1. The van der Waals surface area contributed by atoms with Crippen molar-refractivity contribution in [2.75, 3.05) is 42.6 Å². The summed E-state index contributed by atoms with van der Waals surface area (Å²) in [7, 11) is 0. The minimum atomic E-state index is -0.836. The van der Waals surface area contributed by atoms with Crippen LogP contribution in [0.5, 0.6) is 11.5 Å². The first kappa shape index (κ1) is 26.6. The fourth-order valence-electron chi connectivity index (χ4n) is 5.38. The van der Waals surface area contributed by atoms with Crippen molar-refractivity contribution in [3.8, 4) is 11.5 Å². The van der Waals surface area contributed by atoms with Crippen LogP contribution in [0.4, 0.5) is 15.8 Å². The quantitative estimate of drug-likeness (QED) is 0.491. The summed E-state index contributed by atoms with van der Waals surface area (Å²) in [6, 6.07) is 13.0. The van der Waals surface area contributed by atoms with Crippen molar-refractivity contribution in [2.45, 2.75) is 50.9 Å². The summed E-state index contributed by atoms with van der Waals surface area (Å²) < 4.78 is 32.2. The Labute approximate surface area is 227 Å². The van der Waals surface area contributed by atoms with Gasteiger partial charge in [-0.3, -0.25) is 4.79 Å². The van der Waals surface area contributed by atoms with Gasteiger partial charge in [-0.15, -0.1) is 0 Å². The van der Waals surface area contributed by atoms with E-state index in [4.69, 9.17) is 14.2 Å². The highest BCUT2D eigenvalue weighted by molar-refractivity contribution is 5.76. The van der Waals surface area contributed by atoms with Gasteiger partial charge in [0.2, 0.25) is 0 Å². The van der Waals surface area contributed by atoms with Gasteiger partial charge in [-0.05, 0) is 49.4 Å². The standard InChI is InChI=1S/C29H35FN4O5/c1-2-37-24-8-9-26(30)27(18-24)33-14-10-23(11-15-33)38-22-6-4-20(5-7-22)34-19-25(16-21(34)17-28(35)36)39-29-31-12-3-13-32-29/h3-9,12,18,21,23,25H,2,10-11,13-17,19H2,1H3,(H,31,32)(H,35,36)/t21-,25-/m1/s1. The number of hydrogen-bond donors (Lipinski definition) is 2. The molecular formula is C29H35FN4O5. The van der Waals surface area contributed by atoms with E-state index in [2.05, 4.69) is 15.2 Å². The summed E-state index contributed by atoms with van der Waals surface area (Å²) in [5, 5.41) is 12.4. The van der Waals surface area contributed by atoms with Gasteiger partial charge in [-0.25, -0.2) is 9.38 Å².